The van der Waals surface area contributed by atoms with E-state index >= 15 is 0 Å². The van der Waals surface area contributed by atoms with E-state index in [4.69, 9.17) is 4.98 Å². The number of aryl methyl sites for hydroxylation is 1. The minimum absolute atomic E-state index is 0.0741. The Morgan fingerprint density at radius 3 is 2.33 bits per heavy atom. The zero-order valence-electron chi connectivity index (χ0n) is 28.6. The van der Waals surface area contributed by atoms with Crippen LogP contribution in [0.3, 0.4) is 0 Å². The molecule has 51 heavy (non-hydrogen) atoms. The Hall–Kier alpha value is -2.80. The highest BCUT2D eigenvalue weighted by Gasteiger charge is 2.47. The molecule has 2 aromatic heterocycles. The summed E-state index contributed by atoms with van der Waals surface area (Å²) in [5.74, 6) is -2.29. The second-order valence-corrected chi connectivity index (χ2v) is 18.8. The number of nitrogens with zero attached hydrogens (tertiary/aromatic N) is 1. The molecular weight excluding hydrogens is 912 g/mol. The third kappa shape index (κ3) is 8.71. The van der Waals surface area contributed by atoms with Gasteiger partial charge in [0.2, 0.25) is 17.7 Å². The molecule has 0 radical (unpaired) electrons. The first kappa shape index (κ1) is 39.4. The Morgan fingerprint density at radius 2 is 1.73 bits per heavy atom. The van der Waals surface area contributed by atoms with Crippen LogP contribution in [0.2, 0.25) is 0 Å². The first-order valence-corrected chi connectivity index (χ1v) is 19.8. The number of rotatable bonds is 10. The number of carbonyl (C=O) groups is 3. The normalized spacial score (nSPS) is 18.7. The number of nitrogens with one attached hydrogen (secondary N) is 4. The summed E-state index contributed by atoms with van der Waals surface area (Å²) in [4.78, 5) is 49.7. The van der Waals surface area contributed by atoms with Crippen LogP contribution in [0.1, 0.15) is 80.2 Å². The molecule has 5 atom stereocenters. The van der Waals surface area contributed by atoms with Crippen LogP contribution in [0.5, 0.6) is 0 Å². The predicted molar refractivity (Wildman–Crippen MR) is 207 cm³/mol. The zero-order chi connectivity index (χ0) is 37.5. The molecule has 0 spiro atoms. The summed E-state index contributed by atoms with van der Waals surface area (Å²) < 4.78 is 55.8. The van der Waals surface area contributed by atoms with Gasteiger partial charge in [-0.15, -0.1) is 11.3 Å². The van der Waals surface area contributed by atoms with Gasteiger partial charge in [-0.05, 0) is 36.1 Å². The average Bonchev–Trinajstić information content (AvgIpc) is 3.68. The Morgan fingerprint density at radius 1 is 1.02 bits per heavy atom. The van der Waals surface area contributed by atoms with Crippen LogP contribution in [0.25, 0.3) is 10.9 Å². The highest BCUT2D eigenvalue weighted by atomic mass is 127. The van der Waals surface area contributed by atoms with Crippen LogP contribution in [-0.4, -0.2) is 47.1 Å². The van der Waals surface area contributed by atoms with Gasteiger partial charge in [0.15, 0.2) is 0 Å². The van der Waals surface area contributed by atoms with Crippen LogP contribution in [-0.2, 0) is 45.2 Å². The van der Waals surface area contributed by atoms with Crippen LogP contribution in [0, 0.1) is 5.82 Å². The average molecular weight is 952 g/mol. The predicted octanol–water partition coefficient (Wildman–Crippen LogP) is 7.66. The fraction of sp³-hybridized carbons (Fsp3) is 0.444. The number of carbonyl (C=O) groups excluding carboxylic acids is 3. The van der Waals surface area contributed by atoms with Gasteiger partial charge in [0, 0.05) is 36.1 Å². The summed E-state index contributed by atoms with van der Waals surface area (Å²) in [6.45, 7) is 9.79. The number of fused-ring (bicyclic) bond motifs is 3. The standard InChI is InChI=1S/C36H39F4I2N5O3S/c1-18(41)28(45-27(48)15-20-9-6-7-12-24(20)37)31(49)47-35(33(50)46-29(19(2)42)32-44-26(17-51-32)34(3,4)5)14-13-25-22(16-35)21-10-8-11-23(30(21)43-25)36(38,39)40/h6-12,17-19,28-29,43H,13-16H2,1-5H3,(H,45,48)(H,46,50)(H,47,49)/t18-,19-,28+,29+,35-/m1/s1. The largest absolute Gasteiger partial charge is 0.418 e. The van der Waals surface area contributed by atoms with Crippen LogP contribution < -0.4 is 16.0 Å². The molecule has 0 saturated heterocycles. The van der Waals surface area contributed by atoms with Crippen molar-refractivity contribution in [2.24, 2.45) is 0 Å². The maximum absolute atomic E-state index is 14.7. The second-order valence-electron chi connectivity index (χ2n) is 14.0. The van der Waals surface area contributed by atoms with Crippen molar-refractivity contribution in [2.45, 2.75) is 97.4 Å². The summed E-state index contributed by atoms with van der Waals surface area (Å²) in [5.41, 5.74) is -0.614. The molecular formula is C36H39F4I2N5O3S. The van der Waals surface area contributed by atoms with Crippen molar-refractivity contribution in [2.75, 3.05) is 0 Å². The maximum Gasteiger partial charge on any atom is 0.418 e. The van der Waals surface area contributed by atoms with Crippen molar-refractivity contribution in [3.8, 4) is 0 Å². The van der Waals surface area contributed by atoms with E-state index in [1.807, 2.05) is 55.7 Å². The first-order valence-electron chi connectivity index (χ1n) is 16.4. The van der Waals surface area contributed by atoms with Gasteiger partial charge in [-0.2, -0.15) is 13.2 Å². The van der Waals surface area contributed by atoms with Crippen LogP contribution in [0.15, 0.2) is 47.8 Å². The topological polar surface area (TPSA) is 116 Å². The van der Waals surface area contributed by atoms with Crippen molar-refractivity contribution in [3.63, 3.8) is 0 Å². The number of hydrogen-bond acceptors (Lipinski definition) is 5. The van der Waals surface area contributed by atoms with Crippen LogP contribution in [0.4, 0.5) is 17.6 Å². The fourth-order valence-corrected chi connectivity index (χ4v) is 8.70. The number of H-pyrrole nitrogens is 1. The van der Waals surface area contributed by atoms with Gasteiger partial charge in [-0.3, -0.25) is 14.4 Å². The molecule has 15 heteroatoms. The van der Waals surface area contributed by atoms with E-state index in [0.29, 0.717) is 21.7 Å². The highest BCUT2D eigenvalue weighted by Crippen LogP contribution is 2.40. The van der Waals surface area contributed by atoms with Crippen molar-refractivity contribution >= 4 is 85.1 Å². The summed E-state index contributed by atoms with van der Waals surface area (Å²) in [5, 5.41) is 11.8. The molecule has 1 aliphatic carbocycles. The molecule has 0 bridgehead atoms. The van der Waals surface area contributed by atoms with E-state index < -0.39 is 56.8 Å². The lowest BCUT2D eigenvalue weighted by Gasteiger charge is -2.39. The lowest BCUT2D eigenvalue weighted by atomic mass is 9.78. The van der Waals surface area contributed by atoms with Gasteiger partial charge in [-0.1, -0.05) is 110 Å². The number of hydrogen-bond donors (Lipinski definition) is 4. The smallest absolute Gasteiger partial charge is 0.358 e. The Balaban J connectivity index is 1.51. The molecule has 5 rings (SSSR count). The highest BCUT2D eigenvalue weighted by molar-refractivity contribution is 14.1. The summed E-state index contributed by atoms with van der Waals surface area (Å²) >= 11 is 5.64. The lowest BCUT2D eigenvalue weighted by molar-refractivity contribution is -0.136. The van der Waals surface area contributed by atoms with Crippen LogP contribution >= 0.6 is 56.5 Å². The van der Waals surface area contributed by atoms with E-state index in [2.05, 4.69) is 43.5 Å². The van der Waals surface area contributed by atoms with E-state index in [1.165, 1.54) is 35.6 Å². The molecule has 2 aromatic carbocycles. The van der Waals surface area contributed by atoms with Crippen molar-refractivity contribution < 1.29 is 31.9 Å². The molecule has 4 aromatic rings. The molecule has 0 unspecified atom stereocenters. The summed E-state index contributed by atoms with van der Waals surface area (Å²) in [6.07, 6.45) is -4.76. The molecule has 274 valence electrons. The molecule has 0 aliphatic heterocycles. The molecule has 8 nitrogen and oxygen atoms in total. The van der Waals surface area contributed by atoms with Gasteiger partial charge in [0.25, 0.3) is 0 Å². The molecule has 1 aliphatic rings. The second kappa shape index (κ2) is 15.3. The number of para-hydroxylation sites is 1. The Bertz CT molecular complexity index is 1940. The number of thiazole rings is 1. The van der Waals surface area contributed by atoms with E-state index in [9.17, 15) is 31.9 Å². The van der Waals surface area contributed by atoms with Gasteiger partial charge < -0.3 is 20.9 Å². The monoisotopic (exact) mass is 951 g/mol. The third-order valence-electron chi connectivity index (χ3n) is 9.08. The quantitative estimate of drug-likeness (QED) is 0.0743. The molecule has 3 amide bonds. The Labute approximate surface area is 325 Å². The van der Waals surface area contributed by atoms with E-state index in [0.717, 1.165) is 11.8 Å². The minimum atomic E-state index is -4.61. The number of aromatic nitrogens is 2. The molecule has 2 heterocycles. The zero-order valence-corrected chi connectivity index (χ0v) is 33.7. The summed E-state index contributed by atoms with van der Waals surface area (Å²) in [6, 6.07) is 8.13. The Kier molecular flexibility index (Phi) is 11.8. The molecule has 0 saturated carbocycles. The SMILES string of the molecule is C[C@@H](I)[C@H](NC(=O)Cc1ccccc1F)C(=O)N[C@]1(C(=O)N[C@H](c2nc(C(C)(C)C)cs2)[C@@H](C)I)CCc2[nH]c3c(C(F)(F)F)cccc3c2C1. The lowest BCUT2D eigenvalue weighted by Crippen LogP contribution is -2.65. The summed E-state index contributed by atoms with van der Waals surface area (Å²) in [7, 11) is 0. The number of aromatic amines is 1. The molecule has 0 fully saturated rings. The van der Waals surface area contributed by atoms with E-state index in [-0.39, 0.29) is 46.1 Å². The van der Waals surface area contributed by atoms with E-state index in [1.54, 1.807) is 19.1 Å². The number of benzene rings is 2. The number of alkyl halides is 5. The number of halogens is 6. The van der Waals surface area contributed by atoms with Gasteiger partial charge in [-0.25, -0.2) is 9.37 Å². The third-order valence-corrected chi connectivity index (χ3v) is 11.4. The van der Waals surface area contributed by atoms with Gasteiger partial charge in [0.05, 0.1) is 29.2 Å². The van der Waals surface area contributed by atoms with Crippen molar-refractivity contribution in [1.82, 2.24) is 25.9 Å². The van der Waals surface area contributed by atoms with Crippen molar-refractivity contribution in [1.29, 1.82) is 0 Å². The molecule has 4 N–H and O–H groups in total. The van der Waals surface area contributed by atoms with Crippen molar-refractivity contribution in [3.05, 3.63) is 86.7 Å². The van der Waals surface area contributed by atoms with Gasteiger partial charge in [0.1, 0.15) is 22.4 Å². The minimum Gasteiger partial charge on any atom is -0.358 e. The first-order chi connectivity index (χ1) is 23.8. The number of amides is 3. The van der Waals surface area contributed by atoms with Gasteiger partial charge >= 0.3 is 6.18 Å². The fourth-order valence-electron chi connectivity index (χ4n) is 6.23. The maximum atomic E-state index is 14.7.